The Labute approximate surface area is 384 Å². The molecule has 316 valence electrons. The summed E-state index contributed by atoms with van der Waals surface area (Å²) < 4.78 is 0. The van der Waals surface area contributed by atoms with Gasteiger partial charge in [-0.2, -0.15) is 0 Å². The number of carboxylic acids is 1. The number of aromatic nitrogens is 4. The Hall–Kier alpha value is -7.52. The van der Waals surface area contributed by atoms with E-state index < -0.39 is 18.0 Å². The summed E-state index contributed by atoms with van der Waals surface area (Å²) in [5, 5.41) is 15.6. The van der Waals surface area contributed by atoms with E-state index in [1.165, 1.54) is 0 Å². The first-order valence-electron chi connectivity index (χ1n) is 21.3. The third-order valence-electron chi connectivity index (χ3n) is 12.4. The van der Waals surface area contributed by atoms with E-state index in [9.17, 15) is 9.90 Å². The van der Waals surface area contributed by atoms with E-state index in [0.717, 1.165) is 94.7 Å². The number of hydrogen-bond acceptors (Lipinski definition) is 5. The summed E-state index contributed by atoms with van der Waals surface area (Å²) in [6.45, 7) is 6.22. The molecule has 8 bridgehead atoms. The fourth-order valence-corrected chi connectivity index (χ4v) is 9.78. The Balaban J connectivity index is 1.33. The molecule has 65 heavy (non-hydrogen) atoms. The molecule has 8 nitrogen and oxygen atoms in total. The summed E-state index contributed by atoms with van der Waals surface area (Å²) in [5.74, 6) is -1.52. The van der Waals surface area contributed by atoms with Crippen LogP contribution in [0.25, 0.3) is 78.7 Å². The molecule has 3 N–H and O–H groups in total. The van der Waals surface area contributed by atoms with E-state index in [2.05, 4.69) is 122 Å². The molecule has 2 atom stereocenters. The zero-order valence-corrected chi connectivity index (χ0v) is 37.0. The van der Waals surface area contributed by atoms with Crippen LogP contribution in [0.3, 0.4) is 0 Å². The fourth-order valence-electron chi connectivity index (χ4n) is 9.19. The number of rotatable bonds is 6. The summed E-state index contributed by atoms with van der Waals surface area (Å²) in [6, 6.07) is 46.0. The van der Waals surface area contributed by atoms with E-state index in [-0.39, 0.29) is 5.56 Å². The van der Waals surface area contributed by atoms with E-state index >= 15 is 0 Å². The molecule has 10 heteroatoms. The van der Waals surface area contributed by atoms with Gasteiger partial charge in [-0.3, -0.25) is 4.98 Å². The number of carboxylic acid groups (broad SMARTS) is 1. The molecule has 2 unspecified atom stereocenters. The summed E-state index contributed by atoms with van der Waals surface area (Å²) in [7, 11) is 0. The molecule has 0 saturated carbocycles. The zero-order chi connectivity index (χ0) is 44.5. The molecule has 3 aromatic heterocycles. The molecular weight excluding hydrogens is 850 g/mol. The first-order valence-corrected chi connectivity index (χ1v) is 22.1. The number of fused-ring (bicyclic) bond motifs is 11. The number of carbonyl (C=O) groups is 1. The number of aromatic carboxylic acids is 1. The quantitative estimate of drug-likeness (QED) is 0.154. The number of halogens is 2. The van der Waals surface area contributed by atoms with Crippen molar-refractivity contribution in [2.45, 2.75) is 32.8 Å². The van der Waals surface area contributed by atoms with Gasteiger partial charge in [-0.05, 0) is 104 Å². The third kappa shape index (κ3) is 7.02. The maximum Gasteiger partial charge on any atom is 0.335 e. The Morgan fingerprint density at radius 1 is 0.523 bits per heavy atom. The summed E-state index contributed by atoms with van der Waals surface area (Å²) >= 11 is 14.0. The topological polar surface area (TPSA) is 116 Å². The Kier molecular flexibility index (Phi) is 9.87. The molecule has 6 heterocycles. The number of H-pyrrole nitrogens is 2. The standard InChI is InChI=1S/C55H39Cl2N5O3/c1-29-7-13-32(14-8-29)45-39-23-24-40(58-39)46(33-19-21-36(22-20-33)55(63)64)42-26-28-44(60-42)48(35-17-11-31(3)12-18-35)53-54-50(52(62-65-54)49-37(56)5-4-6-38(49)57)51(61-53)47(43-27-25-41(45)59-43)34-15-9-30(2)10-16-34/h4-28,50,54,59-60H,1-3H3,(H,63,64). The number of aryl methyl sites for hydroxylation is 3. The van der Waals surface area contributed by atoms with Gasteiger partial charge in [0.2, 0.25) is 0 Å². The van der Waals surface area contributed by atoms with Crippen LogP contribution in [-0.4, -0.2) is 36.7 Å². The summed E-state index contributed by atoms with van der Waals surface area (Å²) in [6.07, 6.45) is 3.41. The Morgan fingerprint density at radius 2 is 0.938 bits per heavy atom. The van der Waals surface area contributed by atoms with E-state index in [1.807, 2.05) is 48.6 Å². The van der Waals surface area contributed by atoms with Crippen LogP contribution >= 0.6 is 23.2 Å². The van der Waals surface area contributed by atoms with E-state index in [0.29, 0.717) is 32.7 Å². The van der Waals surface area contributed by atoms with Crippen LogP contribution < -0.4 is 0 Å². The molecular formula is C55H39Cl2N5O3. The number of nitrogens with one attached hydrogen (secondary N) is 2. The maximum absolute atomic E-state index is 12.0. The predicted octanol–water partition coefficient (Wildman–Crippen LogP) is 14.3. The van der Waals surface area contributed by atoms with Crippen molar-refractivity contribution < 1.29 is 14.7 Å². The predicted molar refractivity (Wildman–Crippen MR) is 262 cm³/mol. The Bertz CT molecular complexity index is 3460. The van der Waals surface area contributed by atoms with E-state index in [1.54, 1.807) is 12.1 Å². The number of oxime groups is 1. The average molecular weight is 889 g/mol. The molecule has 3 aliphatic heterocycles. The van der Waals surface area contributed by atoms with Gasteiger partial charge in [0, 0.05) is 49.9 Å². The van der Waals surface area contributed by atoms with Gasteiger partial charge in [0.1, 0.15) is 5.71 Å². The SMILES string of the molecule is Cc1ccc(-c2c3nc(c(-c4ccc(C(=O)O)cc4)c4ccc([nH]4)c(-c4ccc(C)cc4)c4nc(c(-c5ccc(C)cc5)c5ccc2[nH]5)C2C(c5c(Cl)cccc5Cl)=NOC42)C=C3)cc1. The highest BCUT2D eigenvalue weighted by molar-refractivity contribution is 6.40. The second kappa shape index (κ2) is 15.9. The minimum Gasteiger partial charge on any atom is -0.478 e. The molecule has 0 aliphatic carbocycles. The maximum atomic E-state index is 12.0. The van der Waals surface area contributed by atoms with Crippen LogP contribution in [-0.2, 0) is 4.84 Å². The second-order valence-corrected chi connectivity index (χ2v) is 17.5. The normalized spacial score (nSPS) is 15.1. The molecule has 3 aliphatic rings. The molecule has 0 radical (unpaired) electrons. The molecule has 0 fully saturated rings. The van der Waals surface area contributed by atoms with Crippen molar-refractivity contribution in [3.05, 3.63) is 200 Å². The minimum absolute atomic E-state index is 0.192. The molecule has 0 saturated heterocycles. The van der Waals surface area contributed by atoms with Crippen LogP contribution in [0.1, 0.15) is 67.4 Å². The van der Waals surface area contributed by atoms with Crippen molar-refractivity contribution >= 4 is 69.1 Å². The van der Waals surface area contributed by atoms with Crippen molar-refractivity contribution in [2.24, 2.45) is 5.16 Å². The summed E-state index contributed by atoms with van der Waals surface area (Å²) in [5.41, 5.74) is 18.0. The van der Waals surface area contributed by atoms with Crippen molar-refractivity contribution in [1.29, 1.82) is 0 Å². The first-order chi connectivity index (χ1) is 31.6. The fraction of sp³-hybridized carbons (Fsp3) is 0.0909. The number of hydrogen-bond donors (Lipinski definition) is 3. The monoisotopic (exact) mass is 887 g/mol. The van der Waals surface area contributed by atoms with Gasteiger partial charge in [0.05, 0.1) is 44.3 Å². The van der Waals surface area contributed by atoms with Crippen LogP contribution in [0.15, 0.2) is 145 Å². The molecule has 11 rings (SSSR count). The molecule has 5 aromatic carbocycles. The second-order valence-electron chi connectivity index (χ2n) is 16.7. The minimum atomic E-state index is -0.997. The van der Waals surface area contributed by atoms with E-state index in [4.69, 9.17) is 43.2 Å². The van der Waals surface area contributed by atoms with Crippen molar-refractivity contribution in [3.8, 4) is 44.5 Å². The highest BCUT2D eigenvalue weighted by atomic mass is 35.5. The lowest BCUT2D eigenvalue weighted by Crippen LogP contribution is -2.14. The van der Waals surface area contributed by atoms with Gasteiger partial charge >= 0.3 is 5.97 Å². The lowest BCUT2D eigenvalue weighted by atomic mass is 9.85. The third-order valence-corrected chi connectivity index (χ3v) is 13.1. The smallest absolute Gasteiger partial charge is 0.335 e. The number of aromatic amines is 2. The van der Waals surface area contributed by atoms with Crippen LogP contribution in [0.2, 0.25) is 10.0 Å². The molecule has 8 aromatic rings. The van der Waals surface area contributed by atoms with Gasteiger partial charge in [-0.15, -0.1) is 0 Å². The molecule has 0 amide bonds. The number of nitrogens with zero attached hydrogens (tertiary/aromatic N) is 3. The first kappa shape index (κ1) is 40.3. The van der Waals surface area contributed by atoms with Gasteiger partial charge in [0.15, 0.2) is 6.10 Å². The van der Waals surface area contributed by atoms with Gasteiger partial charge in [-0.1, -0.05) is 136 Å². The van der Waals surface area contributed by atoms with Crippen LogP contribution in [0.5, 0.6) is 0 Å². The Morgan fingerprint density at radius 3 is 1.40 bits per heavy atom. The van der Waals surface area contributed by atoms with Crippen molar-refractivity contribution in [2.75, 3.05) is 0 Å². The van der Waals surface area contributed by atoms with Gasteiger partial charge < -0.3 is 19.9 Å². The van der Waals surface area contributed by atoms with Crippen molar-refractivity contribution in [3.63, 3.8) is 0 Å². The lowest BCUT2D eigenvalue weighted by Gasteiger charge is -2.16. The highest BCUT2D eigenvalue weighted by Gasteiger charge is 2.47. The number of benzene rings is 5. The van der Waals surface area contributed by atoms with Gasteiger partial charge in [0.25, 0.3) is 0 Å². The van der Waals surface area contributed by atoms with Crippen LogP contribution in [0.4, 0.5) is 0 Å². The summed E-state index contributed by atoms with van der Waals surface area (Å²) in [4.78, 5) is 37.3. The van der Waals surface area contributed by atoms with Gasteiger partial charge in [-0.25, -0.2) is 9.78 Å². The average Bonchev–Trinajstić information content (AvgIpc) is 4.17. The lowest BCUT2D eigenvalue weighted by molar-refractivity contribution is 0.0697. The zero-order valence-electron chi connectivity index (χ0n) is 35.4. The highest BCUT2D eigenvalue weighted by Crippen LogP contribution is 2.52. The van der Waals surface area contributed by atoms with Crippen LogP contribution in [0, 0.1) is 20.8 Å². The van der Waals surface area contributed by atoms with Crippen molar-refractivity contribution in [1.82, 2.24) is 19.9 Å². The largest absolute Gasteiger partial charge is 0.478 e. The molecule has 0 spiro atoms.